The summed E-state index contributed by atoms with van der Waals surface area (Å²) in [6.07, 6.45) is 0. The van der Waals surface area contributed by atoms with Crippen LogP contribution in [0.3, 0.4) is 0 Å². The SMILES string of the molecule is CCNC(c1ccc(Br)o1)c1cc(F)c(F)cc1Cl. The Balaban J connectivity index is 2.47. The molecule has 1 aromatic heterocycles. The standard InChI is InChI=1S/C13H11BrClF2NO/c1-2-18-13(11-3-4-12(14)19-11)7-5-9(16)10(17)6-8(7)15/h3-6,13,18H,2H2,1H3. The second-order valence-electron chi connectivity index (χ2n) is 3.92. The van der Waals surface area contributed by atoms with E-state index in [1.54, 1.807) is 12.1 Å². The van der Waals surface area contributed by atoms with Gasteiger partial charge in [0.05, 0.1) is 6.04 Å². The van der Waals surface area contributed by atoms with Gasteiger partial charge in [0.15, 0.2) is 16.3 Å². The number of rotatable bonds is 4. The molecule has 0 aliphatic carbocycles. The van der Waals surface area contributed by atoms with Gasteiger partial charge in [-0.05, 0) is 52.3 Å². The summed E-state index contributed by atoms with van der Waals surface area (Å²) in [5, 5.41) is 3.28. The van der Waals surface area contributed by atoms with Gasteiger partial charge in [0.1, 0.15) is 5.76 Å². The topological polar surface area (TPSA) is 25.2 Å². The maximum atomic E-state index is 13.4. The van der Waals surface area contributed by atoms with E-state index in [9.17, 15) is 8.78 Å². The van der Waals surface area contributed by atoms with Crippen molar-refractivity contribution in [3.05, 3.63) is 56.9 Å². The average molecular weight is 351 g/mol. The fourth-order valence-corrected chi connectivity index (χ4v) is 2.39. The van der Waals surface area contributed by atoms with E-state index in [1.807, 2.05) is 6.92 Å². The Hall–Kier alpha value is -0.910. The van der Waals surface area contributed by atoms with Crippen molar-refractivity contribution in [2.45, 2.75) is 13.0 Å². The molecule has 0 bridgehead atoms. The first-order valence-electron chi connectivity index (χ1n) is 5.66. The molecule has 1 atom stereocenters. The fourth-order valence-electron chi connectivity index (χ4n) is 1.81. The van der Waals surface area contributed by atoms with Crippen LogP contribution in [-0.4, -0.2) is 6.54 Å². The van der Waals surface area contributed by atoms with E-state index in [4.69, 9.17) is 16.0 Å². The highest BCUT2D eigenvalue weighted by Gasteiger charge is 2.21. The summed E-state index contributed by atoms with van der Waals surface area (Å²) < 4.78 is 32.5. The molecule has 0 saturated heterocycles. The zero-order chi connectivity index (χ0) is 14.0. The Labute approximate surface area is 122 Å². The second-order valence-corrected chi connectivity index (χ2v) is 5.11. The number of furan rings is 1. The molecule has 1 heterocycles. The van der Waals surface area contributed by atoms with E-state index in [0.717, 1.165) is 12.1 Å². The predicted molar refractivity (Wildman–Crippen MR) is 73.3 cm³/mol. The van der Waals surface area contributed by atoms with Crippen LogP contribution in [0, 0.1) is 11.6 Å². The van der Waals surface area contributed by atoms with Gasteiger partial charge in [-0.1, -0.05) is 18.5 Å². The first-order valence-corrected chi connectivity index (χ1v) is 6.83. The van der Waals surface area contributed by atoms with E-state index < -0.39 is 17.7 Å². The van der Waals surface area contributed by atoms with Gasteiger partial charge in [-0.25, -0.2) is 8.78 Å². The largest absolute Gasteiger partial charge is 0.452 e. The minimum Gasteiger partial charge on any atom is -0.452 e. The zero-order valence-corrected chi connectivity index (χ0v) is 12.4. The highest BCUT2D eigenvalue weighted by atomic mass is 79.9. The van der Waals surface area contributed by atoms with Crippen LogP contribution < -0.4 is 5.32 Å². The Kier molecular flexibility index (Phi) is 4.60. The van der Waals surface area contributed by atoms with Gasteiger partial charge in [0, 0.05) is 5.02 Å². The molecule has 1 unspecified atom stereocenters. The van der Waals surface area contributed by atoms with E-state index in [1.165, 1.54) is 0 Å². The quantitative estimate of drug-likeness (QED) is 0.811. The van der Waals surface area contributed by atoms with E-state index in [0.29, 0.717) is 22.5 Å². The van der Waals surface area contributed by atoms with Crippen molar-refractivity contribution >= 4 is 27.5 Å². The smallest absolute Gasteiger partial charge is 0.169 e. The second kappa shape index (κ2) is 6.03. The third-order valence-electron chi connectivity index (χ3n) is 2.64. The molecular weight excluding hydrogens is 340 g/mol. The maximum Gasteiger partial charge on any atom is 0.169 e. The van der Waals surface area contributed by atoms with Crippen molar-refractivity contribution in [1.82, 2.24) is 5.32 Å². The van der Waals surface area contributed by atoms with Crippen molar-refractivity contribution in [3.63, 3.8) is 0 Å². The Morgan fingerprint density at radius 1 is 1.32 bits per heavy atom. The lowest BCUT2D eigenvalue weighted by atomic mass is 10.0. The van der Waals surface area contributed by atoms with Crippen molar-refractivity contribution in [2.24, 2.45) is 0 Å². The Morgan fingerprint density at radius 2 is 2.00 bits per heavy atom. The van der Waals surface area contributed by atoms with Gasteiger partial charge < -0.3 is 9.73 Å². The molecular formula is C13H11BrClF2NO. The van der Waals surface area contributed by atoms with Crippen LogP contribution in [0.2, 0.25) is 5.02 Å². The molecule has 1 N–H and O–H groups in total. The number of hydrogen-bond donors (Lipinski definition) is 1. The highest BCUT2D eigenvalue weighted by Crippen LogP contribution is 2.32. The summed E-state index contributed by atoms with van der Waals surface area (Å²) >= 11 is 9.20. The van der Waals surface area contributed by atoms with Crippen LogP contribution in [-0.2, 0) is 0 Å². The Bertz CT molecular complexity index is 588. The summed E-state index contributed by atoms with van der Waals surface area (Å²) in [5.74, 6) is -1.33. The summed E-state index contributed by atoms with van der Waals surface area (Å²) in [6.45, 7) is 2.52. The first kappa shape index (κ1) is 14.5. The lowest BCUT2D eigenvalue weighted by Crippen LogP contribution is -2.22. The van der Waals surface area contributed by atoms with Crippen molar-refractivity contribution in [2.75, 3.05) is 6.54 Å². The number of halogens is 4. The highest BCUT2D eigenvalue weighted by molar-refractivity contribution is 9.10. The monoisotopic (exact) mass is 349 g/mol. The molecule has 19 heavy (non-hydrogen) atoms. The minimum atomic E-state index is -0.968. The summed E-state index contributed by atoms with van der Waals surface area (Å²) in [5.41, 5.74) is 0.435. The lowest BCUT2D eigenvalue weighted by Gasteiger charge is -2.17. The first-order chi connectivity index (χ1) is 9.02. The Morgan fingerprint density at radius 3 is 2.58 bits per heavy atom. The van der Waals surface area contributed by atoms with Gasteiger partial charge in [-0.3, -0.25) is 0 Å². The molecule has 102 valence electrons. The van der Waals surface area contributed by atoms with Crippen LogP contribution in [0.15, 0.2) is 33.4 Å². The van der Waals surface area contributed by atoms with E-state index in [2.05, 4.69) is 21.2 Å². The third-order valence-corrected chi connectivity index (χ3v) is 3.39. The van der Waals surface area contributed by atoms with Gasteiger partial charge >= 0.3 is 0 Å². The predicted octanol–water partition coefficient (Wildman–Crippen LogP) is 4.67. The van der Waals surface area contributed by atoms with Crippen LogP contribution in [0.5, 0.6) is 0 Å². The molecule has 0 saturated carbocycles. The number of nitrogens with one attached hydrogen (secondary N) is 1. The number of hydrogen-bond acceptors (Lipinski definition) is 2. The molecule has 0 aliphatic rings. The van der Waals surface area contributed by atoms with Crippen molar-refractivity contribution < 1.29 is 13.2 Å². The van der Waals surface area contributed by atoms with Crippen LogP contribution in [0.4, 0.5) is 8.78 Å². The molecule has 2 nitrogen and oxygen atoms in total. The van der Waals surface area contributed by atoms with Crippen LogP contribution in [0.1, 0.15) is 24.3 Å². The van der Waals surface area contributed by atoms with Crippen LogP contribution >= 0.6 is 27.5 Å². The molecule has 0 spiro atoms. The molecule has 0 aliphatic heterocycles. The molecule has 2 rings (SSSR count). The van der Waals surface area contributed by atoms with Gasteiger partial charge in [-0.2, -0.15) is 0 Å². The molecule has 0 amide bonds. The third kappa shape index (κ3) is 3.16. The van der Waals surface area contributed by atoms with Gasteiger partial charge in [0.25, 0.3) is 0 Å². The van der Waals surface area contributed by atoms with Gasteiger partial charge in [0.2, 0.25) is 0 Å². The van der Waals surface area contributed by atoms with E-state index in [-0.39, 0.29) is 5.02 Å². The lowest BCUT2D eigenvalue weighted by molar-refractivity contribution is 0.435. The molecule has 6 heteroatoms. The normalized spacial score (nSPS) is 12.7. The maximum absolute atomic E-state index is 13.4. The summed E-state index contributed by atoms with van der Waals surface area (Å²) in [4.78, 5) is 0. The average Bonchev–Trinajstić information content (AvgIpc) is 2.78. The molecule has 2 aromatic rings. The van der Waals surface area contributed by atoms with Crippen molar-refractivity contribution in [3.8, 4) is 0 Å². The molecule has 0 radical (unpaired) electrons. The fraction of sp³-hybridized carbons (Fsp3) is 0.231. The summed E-state index contributed by atoms with van der Waals surface area (Å²) in [7, 11) is 0. The molecule has 1 aromatic carbocycles. The van der Waals surface area contributed by atoms with Crippen LogP contribution in [0.25, 0.3) is 0 Å². The summed E-state index contributed by atoms with van der Waals surface area (Å²) in [6, 6.07) is 5.09. The zero-order valence-electron chi connectivity index (χ0n) is 10.0. The number of benzene rings is 1. The van der Waals surface area contributed by atoms with Gasteiger partial charge in [-0.15, -0.1) is 0 Å². The minimum absolute atomic E-state index is 0.150. The molecule has 0 fully saturated rings. The van der Waals surface area contributed by atoms with E-state index >= 15 is 0 Å². The van der Waals surface area contributed by atoms with Crippen molar-refractivity contribution in [1.29, 1.82) is 0 Å².